The molecule has 5 nitrogen and oxygen atoms in total. The molecular weight excluding hydrogens is 228 g/mol. The summed E-state index contributed by atoms with van der Waals surface area (Å²) in [6.45, 7) is 5.99. The molecule has 1 aromatic heterocycles. The van der Waals surface area contributed by atoms with Crippen molar-refractivity contribution in [2.75, 3.05) is 0 Å². The Balaban J connectivity index is 2.80. The zero-order valence-corrected chi connectivity index (χ0v) is 10.4. The topological polar surface area (TPSA) is 82.3 Å². The lowest BCUT2D eigenvalue weighted by Gasteiger charge is -2.16. The van der Waals surface area contributed by atoms with Crippen LogP contribution >= 0.6 is 0 Å². The molecule has 0 fully saturated rings. The van der Waals surface area contributed by atoms with Crippen molar-refractivity contribution in [3.05, 3.63) is 18.3 Å². The Kier molecular flexibility index (Phi) is 3.88. The van der Waals surface area contributed by atoms with Crippen molar-refractivity contribution in [3.8, 4) is 5.88 Å². The molecule has 0 radical (unpaired) electrons. The SMILES string of the molecule is CC(C)C(C)Oc1ccc(S(N)(=O)=O)cn1. The van der Waals surface area contributed by atoms with Crippen molar-refractivity contribution in [2.45, 2.75) is 31.8 Å². The highest BCUT2D eigenvalue weighted by molar-refractivity contribution is 7.89. The quantitative estimate of drug-likeness (QED) is 0.861. The summed E-state index contributed by atoms with van der Waals surface area (Å²) < 4.78 is 27.4. The number of nitrogens with two attached hydrogens (primary N) is 1. The molecule has 1 unspecified atom stereocenters. The van der Waals surface area contributed by atoms with Gasteiger partial charge in [-0.1, -0.05) is 13.8 Å². The van der Waals surface area contributed by atoms with E-state index in [2.05, 4.69) is 4.98 Å². The first-order valence-corrected chi connectivity index (χ1v) is 6.51. The molecule has 0 aromatic carbocycles. The summed E-state index contributed by atoms with van der Waals surface area (Å²) in [7, 11) is -3.68. The number of primary sulfonamides is 1. The highest BCUT2D eigenvalue weighted by Gasteiger charge is 2.11. The molecule has 0 amide bonds. The van der Waals surface area contributed by atoms with Crippen molar-refractivity contribution >= 4 is 10.0 Å². The van der Waals surface area contributed by atoms with Crippen LogP contribution in [0.3, 0.4) is 0 Å². The predicted octanol–water partition coefficient (Wildman–Crippen LogP) is 1.15. The first kappa shape index (κ1) is 12.9. The summed E-state index contributed by atoms with van der Waals surface area (Å²) in [5, 5.41) is 4.95. The summed E-state index contributed by atoms with van der Waals surface area (Å²) in [6, 6.07) is 2.88. The van der Waals surface area contributed by atoms with E-state index in [1.165, 1.54) is 18.3 Å². The number of hydrogen-bond donors (Lipinski definition) is 1. The van der Waals surface area contributed by atoms with E-state index >= 15 is 0 Å². The van der Waals surface area contributed by atoms with E-state index in [4.69, 9.17) is 9.88 Å². The zero-order valence-electron chi connectivity index (χ0n) is 9.54. The van der Waals surface area contributed by atoms with Gasteiger partial charge in [0.25, 0.3) is 0 Å². The van der Waals surface area contributed by atoms with Crippen LogP contribution in [-0.2, 0) is 10.0 Å². The molecule has 6 heteroatoms. The second kappa shape index (κ2) is 4.80. The third kappa shape index (κ3) is 3.46. The average Bonchev–Trinajstić information content (AvgIpc) is 2.17. The lowest BCUT2D eigenvalue weighted by atomic mass is 10.1. The van der Waals surface area contributed by atoms with Crippen LogP contribution in [0, 0.1) is 5.92 Å². The molecule has 16 heavy (non-hydrogen) atoms. The zero-order chi connectivity index (χ0) is 12.3. The third-order valence-electron chi connectivity index (χ3n) is 2.28. The molecule has 1 rings (SSSR count). The van der Waals surface area contributed by atoms with Gasteiger partial charge < -0.3 is 4.74 Å². The van der Waals surface area contributed by atoms with Crippen LogP contribution in [0.5, 0.6) is 5.88 Å². The minimum atomic E-state index is -3.68. The van der Waals surface area contributed by atoms with Crippen molar-refractivity contribution in [1.29, 1.82) is 0 Å². The van der Waals surface area contributed by atoms with Crippen molar-refractivity contribution in [2.24, 2.45) is 11.1 Å². The third-order valence-corrected chi connectivity index (χ3v) is 3.18. The van der Waals surface area contributed by atoms with Gasteiger partial charge in [-0.05, 0) is 18.9 Å². The number of pyridine rings is 1. The second-order valence-electron chi connectivity index (χ2n) is 3.94. The largest absolute Gasteiger partial charge is 0.474 e. The van der Waals surface area contributed by atoms with Gasteiger partial charge in [-0.15, -0.1) is 0 Å². The van der Waals surface area contributed by atoms with Gasteiger partial charge in [0.05, 0.1) is 12.3 Å². The van der Waals surface area contributed by atoms with Gasteiger partial charge in [-0.3, -0.25) is 0 Å². The van der Waals surface area contributed by atoms with Crippen LogP contribution in [0.2, 0.25) is 0 Å². The molecule has 0 aliphatic carbocycles. The smallest absolute Gasteiger partial charge is 0.239 e. The molecular formula is C10H16N2O3S. The van der Waals surface area contributed by atoms with Crippen molar-refractivity contribution in [1.82, 2.24) is 4.98 Å². The first-order chi connectivity index (χ1) is 7.30. The van der Waals surface area contributed by atoms with Crippen LogP contribution in [0.15, 0.2) is 23.2 Å². The van der Waals surface area contributed by atoms with E-state index in [0.29, 0.717) is 11.8 Å². The van der Waals surface area contributed by atoms with Crippen LogP contribution in [0.25, 0.3) is 0 Å². The van der Waals surface area contributed by atoms with Gasteiger partial charge in [-0.2, -0.15) is 0 Å². The second-order valence-corrected chi connectivity index (χ2v) is 5.51. The lowest BCUT2D eigenvalue weighted by molar-refractivity contribution is 0.163. The average molecular weight is 244 g/mol. The fraction of sp³-hybridized carbons (Fsp3) is 0.500. The van der Waals surface area contributed by atoms with Gasteiger partial charge in [0.2, 0.25) is 15.9 Å². The summed E-state index contributed by atoms with van der Waals surface area (Å²) in [4.78, 5) is 3.87. The minimum Gasteiger partial charge on any atom is -0.474 e. The van der Waals surface area contributed by atoms with Gasteiger partial charge in [-0.25, -0.2) is 18.5 Å². The maximum atomic E-state index is 11.0. The number of sulfonamides is 1. The molecule has 90 valence electrons. The maximum Gasteiger partial charge on any atom is 0.239 e. The summed E-state index contributed by atoms with van der Waals surface area (Å²) >= 11 is 0. The number of rotatable bonds is 4. The van der Waals surface area contributed by atoms with E-state index in [-0.39, 0.29) is 11.0 Å². The number of ether oxygens (including phenoxy) is 1. The Hall–Kier alpha value is -1.14. The van der Waals surface area contributed by atoms with Gasteiger partial charge in [0.15, 0.2) is 0 Å². The molecule has 2 N–H and O–H groups in total. The fourth-order valence-electron chi connectivity index (χ4n) is 0.931. The van der Waals surface area contributed by atoms with E-state index in [9.17, 15) is 8.42 Å². The monoisotopic (exact) mass is 244 g/mol. The maximum absolute atomic E-state index is 11.0. The molecule has 0 spiro atoms. The standard InChI is InChI=1S/C10H16N2O3S/c1-7(2)8(3)15-10-5-4-9(6-12-10)16(11,13)14/h4-8H,1-3H3,(H2,11,13,14). The molecule has 1 aromatic rings. The van der Waals surface area contributed by atoms with Gasteiger partial charge in [0.1, 0.15) is 4.90 Å². The van der Waals surface area contributed by atoms with Crippen LogP contribution < -0.4 is 9.88 Å². The van der Waals surface area contributed by atoms with Gasteiger partial charge >= 0.3 is 0 Å². The van der Waals surface area contributed by atoms with Crippen LogP contribution in [0.4, 0.5) is 0 Å². The highest BCUT2D eigenvalue weighted by atomic mass is 32.2. The van der Waals surface area contributed by atoms with E-state index in [1.807, 2.05) is 20.8 Å². The summed E-state index contributed by atoms with van der Waals surface area (Å²) in [5.41, 5.74) is 0. The van der Waals surface area contributed by atoms with Crippen LogP contribution in [0.1, 0.15) is 20.8 Å². The van der Waals surface area contributed by atoms with E-state index in [0.717, 1.165) is 0 Å². The fourth-order valence-corrected chi connectivity index (χ4v) is 1.39. The molecule has 0 aliphatic rings. The van der Waals surface area contributed by atoms with Crippen molar-refractivity contribution in [3.63, 3.8) is 0 Å². The Morgan fingerprint density at radius 3 is 2.31 bits per heavy atom. The highest BCUT2D eigenvalue weighted by Crippen LogP contribution is 2.14. The van der Waals surface area contributed by atoms with E-state index < -0.39 is 10.0 Å². The first-order valence-electron chi connectivity index (χ1n) is 4.96. The van der Waals surface area contributed by atoms with Gasteiger partial charge in [0, 0.05) is 6.07 Å². The Morgan fingerprint density at radius 1 is 1.31 bits per heavy atom. The molecule has 0 saturated heterocycles. The lowest BCUT2D eigenvalue weighted by Crippen LogP contribution is -2.19. The summed E-state index contributed by atoms with van der Waals surface area (Å²) in [6.07, 6.45) is 1.21. The summed E-state index contributed by atoms with van der Waals surface area (Å²) in [5.74, 6) is 0.758. The van der Waals surface area contributed by atoms with Crippen molar-refractivity contribution < 1.29 is 13.2 Å². The number of aromatic nitrogens is 1. The molecule has 1 heterocycles. The molecule has 0 saturated carbocycles. The molecule has 1 atom stereocenters. The Bertz CT molecular complexity index is 440. The Morgan fingerprint density at radius 2 is 1.94 bits per heavy atom. The van der Waals surface area contributed by atoms with E-state index in [1.54, 1.807) is 0 Å². The number of hydrogen-bond acceptors (Lipinski definition) is 4. The molecule has 0 bridgehead atoms. The predicted molar refractivity (Wildman–Crippen MR) is 60.5 cm³/mol. The minimum absolute atomic E-state index is 0.0166. The molecule has 0 aliphatic heterocycles. The van der Waals surface area contributed by atoms with Crippen LogP contribution in [-0.4, -0.2) is 19.5 Å². The Labute approximate surface area is 95.7 Å². The number of nitrogens with zero attached hydrogens (tertiary/aromatic N) is 1. The normalized spacial score (nSPS) is 13.8.